The van der Waals surface area contributed by atoms with Crippen LogP contribution in [0.3, 0.4) is 0 Å². The zero-order chi connectivity index (χ0) is 24.0. The minimum Gasteiger partial charge on any atom is -0.377 e. The molecule has 0 radical (unpaired) electrons. The first-order chi connectivity index (χ1) is 15.8. The van der Waals surface area contributed by atoms with Gasteiger partial charge in [0.15, 0.2) is 5.78 Å². The van der Waals surface area contributed by atoms with E-state index >= 15 is 0 Å². The molecule has 2 aromatic heterocycles. The number of carbonyl (C=O) groups is 2. The maximum atomic E-state index is 13.2. The molecule has 0 aliphatic rings. The molecule has 8 heteroatoms. The van der Waals surface area contributed by atoms with E-state index in [2.05, 4.69) is 4.98 Å². The number of aryl methyl sites for hydroxylation is 1. The molecule has 0 saturated carbocycles. The van der Waals surface area contributed by atoms with Crippen LogP contribution in [0.4, 0.5) is 0 Å². The van der Waals surface area contributed by atoms with E-state index < -0.39 is 5.91 Å². The van der Waals surface area contributed by atoms with Crippen molar-refractivity contribution < 1.29 is 14.3 Å². The zero-order valence-electron chi connectivity index (χ0n) is 18.9. The second-order valence-corrected chi connectivity index (χ2v) is 9.32. The Morgan fingerprint density at radius 3 is 2.67 bits per heavy atom. The molecule has 0 fully saturated rings. The lowest BCUT2D eigenvalue weighted by atomic mass is 9.94. The largest absolute Gasteiger partial charge is 0.377 e. The summed E-state index contributed by atoms with van der Waals surface area (Å²) >= 11 is 12.2. The number of benzene rings is 1. The van der Waals surface area contributed by atoms with Crippen molar-refractivity contribution in [1.29, 1.82) is 0 Å². The summed E-state index contributed by atoms with van der Waals surface area (Å²) in [5.41, 5.74) is 8.62. The quantitative estimate of drug-likeness (QED) is 0.268. The molecule has 2 heterocycles. The van der Waals surface area contributed by atoms with Crippen LogP contribution >= 0.6 is 23.2 Å². The van der Waals surface area contributed by atoms with Crippen molar-refractivity contribution >= 4 is 45.9 Å². The van der Waals surface area contributed by atoms with Gasteiger partial charge >= 0.3 is 0 Å². The van der Waals surface area contributed by atoms with Crippen molar-refractivity contribution in [2.45, 2.75) is 45.6 Å². The number of primary amides is 1. The Balaban J connectivity index is 1.68. The maximum absolute atomic E-state index is 13.2. The monoisotopic (exact) mass is 489 g/mol. The second kappa shape index (κ2) is 11.6. The molecule has 3 aromatic rings. The minimum absolute atomic E-state index is 0.0226. The summed E-state index contributed by atoms with van der Waals surface area (Å²) in [5, 5.41) is 1.92. The van der Waals surface area contributed by atoms with E-state index in [1.165, 1.54) is 0 Å². The van der Waals surface area contributed by atoms with Crippen LogP contribution in [0.2, 0.25) is 10.0 Å². The highest BCUT2D eigenvalue weighted by atomic mass is 35.5. The predicted octanol–water partition coefficient (Wildman–Crippen LogP) is 5.50. The normalized spacial score (nSPS) is 12.2. The van der Waals surface area contributed by atoms with Gasteiger partial charge in [-0.3, -0.25) is 9.59 Å². The number of hydrogen-bond donors (Lipinski definition) is 1. The molecule has 1 atom stereocenters. The van der Waals surface area contributed by atoms with E-state index in [4.69, 9.17) is 33.7 Å². The Hall–Kier alpha value is -2.41. The summed E-state index contributed by atoms with van der Waals surface area (Å²) in [6.07, 6.45) is 4.41. The standard InChI is InChI=1S/C25H29Cl2N3O3/c1-16(11-23(28)32)10-22(31)24-20-13-19(27)14-29-25(20)30(2)21(24)8-3-4-9-33-15-17-6-5-7-18(26)12-17/h5-7,12-14,16H,3-4,8-11,15H2,1-2H3,(H2,28,32)/t16-/m0/s1. The summed E-state index contributed by atoms with van der Waals surface area (Å²) in [6, 6.07) is 9.41. The Kier molecular flexibility index (Phi) is 8.89. The minimum atomic E-state index is -0.407. The van der Waals surface area contributed by atoms with Crippen LogP contribution in [0.5, 0.6) is 0 Å². The summed E-state index contributed by atoms with van der Waals surface area (Å²) in [5.74, 6) is -0.563. The third-order valence-corrected chi connectivity index (χ3v) is 6.03. The Morgan fingerprint density at radius 1 is 1.15 bits per heavy atom. The molecular formula is C25H29Cl2N3O3. The van der Waals surface area contributed by atoms with Crippen molar-refractivity contribution in [2.24, 2.45) is 18.7 Å². The highest BCUT2D eigenvalue weighted by molar-refractivity contribution is 6.31. The lowest BCUT2D eigenvalue weighted by molar-refractivity contribution is -0.118. The fourth-order valence-corrected chi connectivity index (χ4v) is 4.46. The fraction of sp³-hybridized carbons (Fsp3) is 0.400. The predicted molar refractivity (Wildman–Crippen MR) is 132 cm³/mol. The van der Waals surface area contributed by atoms with Gasteiger partial charge in [0.1, 0.15) is 5.65 Å². The summed E-state index contributed by atoms with van der Waals surface area (Å²) < 4.78 is 7.74. The molecule has 0 aliphatic carbocycles. The Morgan fingerprint density at radius 2 is 1.94 bits per heavy atom. The number of ketones is 1. The first-order valence-corrected chi connectivity index (χ1v) is 11.8. The van der Waals surface area contributed by atoms with Crippen LogP contribution < -0.4 is 5.73 Å². The highest BCUT2D eigenvalue weighted by Gasteiger charge is 2.23. The highest BCUT2D eigenvalue weighted by Crippen LogP contribution is 2.30. The van der Waals surface area contributed by atoms with Crippen molar-refractivity contribution in [3.63, 3.8) is 0 Å². The van der Waals surface area contributed by atoms with Crippen LogP contribution in [0.15, 0.2) is 36.5 Å². The van der Waals surface area contributed by atoms with Gasteiger partial charge in [-0.05, 0) is 48.9 Å². The maximum Gasteiger partial charge on any atom is 0.217 e. The summed E-state index contributed by atoms with van der Waals surface area (Å²) in [7, 11) is 1.91. The third kappa shape index (κ3) is 6.79. The molecule has 2 N–H and O–H groups in total. The van der Waals surface area contributed by atoms with Gasteiger partial charge in [0.2, 0.25) is 5.91 Å². The molecule has 1 aromatic carbocycles. The van der Waals surface area contributed by atoms with Gasteiger partial charge in [0, 0.05) is 54.4 Å². The van der Waals surface area contributed by atoms with E-state index in [-0.39, 0.29) is 24.5 Å². The van der Waals surface area contributed by atoms with Crippen LogP contribution in [-0.2, 0) is 29.6 Å². The Bertz CT molecular complexity index is 1140. The molecule has 0 bridgehead atoms. The third-order valence-electron chi connectivity index (χ3n) is 5.59. The number of nitrogens with zero attached hydrogens (tertiary/aromatic N) is 2. The van der Waals surface area contributed by atoms with E-state index in [0.29, 0.717) is 35.2 Å². The molecule has 1 amide bonds. The van der Waals surface area contributed by atoms with Gasteiger partial charge in [-0.1, -0.05) is 42.3 Å². The van der Waals surface area contributed by atoms with Crippen LogP contribution in [0.1, 0.15) is 54.2 Å². The zero-order valence-corrected chi connectivity index (χ0v) is 20.5. The number of unbranched alkanes of at least 4 members (excludes halogenated alkanes) is 1. The Labute approximate surface area is 204 Å². The number of nitrogens with two attached hydrogens (primary N) is 1. The van der Waals surface area contributed by atoms with Gasteiger partial charge in [-0.15, -0.1) is 0 Å². The number of ether oxygens (including phenoxy) is 1. The molecular weight excluding hydrogens is 461 g/mol. The van der Waals surface area contributed by atoms with Crippen LogP contribution in [0.25, 0.3) is 11.0 Å². The summed E-state index contributed by atoms with van der Waals surface area (Å²) in [6.45, 7) is 2.98. The second-order valence-electron chi connectivity index (χ2n) is 8.45. The van der Waals surface area contributed by atoms with Crippen molar-refractivity contribution in [2.75, 3.05) is 6.61 Å². The first kappa shape index (κ1) is 25.2. The fourth-order valence-electron chi connectivity index (χ4n) is 4.09. The lowest BCUT2D eigenvalue weighted by Crippen LogP contribution is -2.17. The average Bonchev–Trinajstić information content (AvgIpc) is 3.01. The van der Waals surface area contributed by atoms with Gasteiger partial charge in [-0.2, -0.15) is 0 Å². The number of pyridine rings is 1. The molecule has 33 heavy (non-hydrogen) atoms. The number of hydrogen-bond acceptors (Lipinski definition) is 4. The van der Waals surface area contributed by atoms with Crippen molar-refractivity contribution in [1.82, 2.24) is 9.55 Å². The molecule has 0 spiro atoms. The first-order valence-electron chi connectivity index (χ1n) is 11.0. The molecule has 0 unspecified atom stereocenters. The number of carbonyl (C=O) groups excluding carboxylic acids is 2. The molecule has 0 saturated heterocycles. The van der Waals surface area contributed by atoms with Gasteiger partial charge in [0.05, 0.1) is 11.6 Å². The van der Waals surface area contributed by atoms with E-state index in [0.717, 1.165) is 35.1 Å². The number of fused-ring (bicyclic) bond motifs is 1. The molecule has 3 rings (SSSR count). The number of rotatable bonds is 12. The van der Waals surface area contributed by atoms with Crippen molar-refractivity contribution in [3.05, 3.63) is 63.4 Å². The smallest absolute Gasteiger partial charge is 0.217 e. The van der Waals surface area contributed by atoms with Gasteiger partial charge < -0.3 is 15.0 Å². The van der Waals surface area contributed by atoms with E-state index in [9.17, 15) is 9.59 Å². The lowest BCUT2D eigenvalue weighted by Gasteiger charge is -2.11. The van der Waals surface area contributed by atoms with Crippen LogP contribution in [0, 0.1) is 5.92 Å². The van der Waals surface area contributed by atoms with Gasteiger partial charge in [0.25, 0.3) is 0 Å². The van der Waals surface area contributed by atoms with E-state index in [1.54, 1.807) is 12.3 Å². The van der Waals surface area contributed by atoms with Gasteiger partial charge in [-0.25, -0.2) is 4.98 Å². The SMILES string of the molecule is C[C@H](CC(N)=O)CC(=O)c1c(CCCCOCc2cccc(Cl)c2)n(C)c2ncc(Cl)cc12. The topological polar surface area (TPSA) is 87.2 Å². The van der Waals surface area contributed by atoms with E-state index in [1.807, 2.05) is 42.8 Å². The average molecular weight is 490 g/mol. The molecule has 6 nitrogen and oxygen atoms in total. The number of halogens is 2. The number of amides is 1. The molecule has 0 aliphatic heterocycles. The number of aromatic nitrogens is 2. The molecule has 176 valence electrons. The van der Waals surface area contributed by atoms with Crippen molar-refractivity contribution in [3.8, 4) is 0 Å². The summed E-state index contributed by atoms with van der Waals surface area (Å²) in [4.78, 5) is 28.9. The number of Topliss-reactive ketones (excluding diaryl/α,β-unsaturated/α-hetero) is 1. The van der Waals surface area contributed by atoms with Crippen LogP contribution in [-0.4, -0.2) is 27.8 Å².